The molecule has 3 heterocycles. The van der Waals surface area contributed by atoms with Gasteiger partial charge < -0.3 is 4.74 Å². The zero-order valence-corrected chi connectivity index (χ0v) is 28.6. The van der Waals surface area contributed by atoms with Crippen LogP contribution in [-0.2, 0) is 16.3 Å². The van der Waals surface area contributed by atoms with Crippen molar-refractivity contribution >= 4 is 31.6 Å². The molecule has 3 aromatic heterocycles. The van der Waals surface area contributed by atoms with Gasteiger partial charge in [0.2, 0.25) is 0 Å². The number of aryl methyl sites for hydroxylation is 3. The molecule has 0 saturated carbocycles. The summed E-state index contributed by atoms with van der Waals surface area (Å²) in [5.41, 5.74) is 7.92. The van der Waals surface area contributed by atoms with Crippen LogP contribution in [0.15, 0.2) is 114 Å². The largest absolute Gasteiger partial charge is 0.457 e. The molecule has 0 fully saturated rings. The first-order valence-electron chi connectivity index (χ1n) is 16.2. The van der Waals surface area contributed by atoms with Crippen molar-refractivity contribution in [2.45, 2.75) is 45.4 Å². The zero-order chi connectivity index (χ0) is 33.6. The van der Waals surface area contributed by atoms with Crippen molar-refractivity contribution < 1.29 is 13.2 Å². The van der Waals surface area contributed by atoms with E-state index in [1.165, 1.54) is 17.2 Å². The first kappa shape index (κ1) is 31.4. The van der Waals surface area contributed by atoms with Gasteiger partial charge in [0.15, 0.2) is 9.84 Å². The molecule has 8 heteroatoms. The number of hydrogen-bond donors (Lipinski definition) is 0. The van der Waals surface area contributed by atoms with E-state index in [1.807, 2.05) is 67.5 Å². The third kappa shape index (κ3) is 6.11. The van der Waals surface area contributed by atoms with E-state index in [-0.39, 0.29) is 0 Å². The second kappa shape index (κ2) is 12.4. The molecular formula is C40H38N4O3S. The Morgan fingerprint density at radius 2 is 1.56 bits per heavy atom. The van der Waals surface area contributed by atoms with Crippen LogP contribution in [0.25, 0.3) is 44.4 Å². The monoisotopic (exact) mass is 654 g/mol. The Balaban J connectivity index is 1.21. The van der Waals surface area contributed by atoms with E-state index in [2.05, 4.69) is 72.0 Å². The standard InChI is InChI=1S/C40H38N4O3S/c1-26(2)13-14-29-17-18-41-39(21-29)44-37-12-7-6-11-35(37)36-16-15-33(23-38(36)44)47-32-10-8-9-31(22-32)43-25-30(24-42-43)40-27(3)19-34(20-28(40)4)48(5,45)46/h6-12,15-26H,13-14H2,1-5H3. The van der Waals surface area contributed by atoms with Crippen LogP contribution in [-0.4, -0.2) is 34.0 Å². The molecule has 7 nitrogen and oxygen atoms in total. The molecule has 7 rings (SSSR count). The second-order valence-electron chi connectivity index (χ2n) is 13.0. The molecule has 0 spiro atoms. The molecule has 0 unspecified atom stereocenters. The Kier molecular flexibility index (Phi) is 8.13. The third-order valence-electron chi connectivity index (χ3n) is 8.82. The van der Waals surface area contributed by atoms with E-state index in [1.54, 1.807) is 12.1 Å². The predicted molar refractivity (Wildman–Crippen MR) is 193 cm³/mol. The van der Waals surface area contributed by atoms with Crippen LogP contribution in [0, 0.1) is 19.8 Å². The van der Waals surface area contributed by atoms with Gasteiger partial charge in [-0.3, -0.25) is 4.57 Å². The topological polar surface area (TPSA) is 79.0 Å². The summed E-state index contributed by atoms with van der Waals surface area (Å²) < 4.78 is 34.8. The minimum atomic E-state index is -3.30. The van der Waals surface area contributed by atoms with E-state index in [4.69, 9.17) is 9.72 Å². The Morgan fingerprint density at radius 3 is 2.33 bits per heavy atom. The molecule has 48 heavy (non-hydrogen) atoms. The highest BCUT2D eigenvalue weighted by atomic mass is 32.2. The predicted octanol–water partition coefficient (Wildman–Crippen LogP) is 9.43. The van der Waals surface area contributed by atoms with Crippen molar-refractivity contribution in [3.63, 3.8) is 0 Å². The number of pyridine rings is 1. The van der Waals surface area contributed by atoms with Gasteiger partial charge in [0, 0.05) is 47.1 Å². The van der Waals surface area contributed by atoms with E-state index in [0.29, 0.717) is 16.6 Å². The van der Waals surface area contributed by atoms with Gasteiger partial charge in [0.05, 0.1) is 27.8 Å². The summed E-state index contributed by atoms with van der Waals surface area (Å²) in [5.74, 6) is 2.94. The van der Waals surface area contributed by atoms with Gasteiger partial charge in [-0.25, -0.2) is 18.1 Å². The van der Waals surface area contributed by atoms with Gasteiger partial charge in [-0.2, -0.15) is 5.10 Å². The molecule has 0 aliphatic rings. The maximum absolute atomic E-state index is 12.1. The summed E-state index contributed by atoms with van der Waals surface area (Å²) in [6.45, 7) is 8.37. The summed E-state index contributed by atoms with van der Waals surface area (Å²) in [6.07, 6.45) is 9.05. The first-order chi connectivity index (χ1) is 23.0. The van der Waals surface area contributed by atoms with Crippen LogP contribution in [0.3, 0.4) is 0 Å². The Labute approximate surface area is 281 Å². The molecule has 242 valence electrons. The SMILES string of the molecule is Cc1cc(S(C)(=O)=O)cc(C)c1-c1cnn(-c2cccc(Oc3ccc4c5ccccc5n(-c5cc(CCC(C)C)ccn5)c4c3)c2)c1. The number of ether oxygens (including phenoxy) is 1. The zero-order valence-electron chi connectivity index (χ0n) is 27.8. The van der Waals surface area contributed by atoms with E-state index < -0.39 is 9.84 Å². The number of benzene rings is 4. The van der Waals surface area contributed by atoms with Crippen molar-refractivity contribution in [3.05, 3.63) is 126 Å². The minimum absolute atomic E-state index is 0.323. The number of fused-ring (bicyclic) bond motifs is 3. The van der Waals surface area contributed by atoms with Crippen LogP contribution in [0.5, 0.6) is 11.5 Å². The third-order valence-corrected chi connectivity index (χ3v) is 9.91. The summed E-state index contributed by atoms with van der Waals surface area (Å²) in [7, 11) is -3.30. The Bertz CT molecular complexity index is 2400. The lowest BCUT2D eigenvalue weighted by Gasteiger charge is -2.11. The van der Waals surface area contributed by atoms with Crippen molar-refractivity contribution in [1.29, 1.82) is 0 Å². The maximum atomic E-state index is 12.1. The average Bonchev–Trinajstić information content (AvgIpc) is 3.66. The number of nitrogens with zero attached hydrogens (tertiary/aromatic N) is 4. The molecule has 0 N–H and O–H groups in total. The Hall–Kier alpha value is -5.21. The van der Waals surface area contributed by atoms with Crippen LogP contribution in [0.4, 0.5) is 0 Å². The van der Waals surface area contributed by atoms with Gasteiger partial charge in [0.1, 0.15) is 17.3 Å². The maximum Gasteiger partial charge on any atom is 0.175 e. The van der Waals surface area contributed by atoms with E-state index >= 15 is 0 Å². The van der Waals surface area contributed by atoms with Crippen LogP contribution >= 0.6 is 0 Å². The lowest BCUT2D eigenvalue weighted by molar-refractivity contribution is 0.483. The molecule has 0 aliphatic carbocycles. The fourth-order valence-corrected chi connectivity index (χ4v) is 7.25. The van der Waals surface area contributed by atoms with Gasteiger partial charge in [-0.15, -0.1) is 0 Å². The smallest absolute Gasteiger partial charge is 0.175 e. The minimum Gasteiger partial charge on any atom is -0.457 e. The molecule has 4 aromatic carbocycles. The quantitative estimate of drug-likeness (QED) is 0.155. The van der Waals surface area contributed by atoms with Crippen LogP contribution in [0.1, 0.15) is 37.0 Å². The van der Waals surface area contributed by atoms with Crippen LogP contribution < -0.4 is 4.74 Å². The summed E-state index contributed by atoms with van der Waals surface area (Å²) in [4.78, 5) is 5.13. The summed E-state index contributed by atoms with van der Waals surface area (Å²) in [5, 5.41) is 6.94. The number of para-hydroxylation sites is 1. The van der Waals surface area contributed by atoms with Gasteiger partial charge in [-0.1, -0.05) is 38.1 Å². The van der Waals surface area contributed by atoms with E-state index in [9.17, 15) is 8.42 Å². The molecule has 0 saturated heterocycles. The molecule has 0 radical (unpaired) electrons. The highest BCUT2D eigenvalue weighted by Gasteiger charge is 2.17. The molecule has 0 bridgehead atoms. The fourth-order valence-electron chi connectivity index (χ4n) is 6.47. The first-order valence-corrected chi connectivity index (χ1v) is 18.1. The molecule has 0 atom stereocenters. The van der Waals surface area contributed by atoms with Crippen molar-refractivity contribution in [2.75, 3.05) is 6.26 Å². The molecule has 7 aromatic rings. The number of aromatic nitrogens is 4. The fraction of sp³-hybridized carbons (Fsp3) is 0.200. The van der Waals surface area contributed by atoms with Crippen molar-refractivity contribution in [3.8, 4) is 34.1 Å². The number of hydrogen-bond acceptors (Lipinski definition) is 5. The van der Waals surface area contributed by atoms with Crippen LogP contribution in [0.2, 0.25) is 0 Å². The number of rotatable bonds is 9. The molecular weight excluding hydrogens is 617 g/mol. The average molecular weight is 655 g/mol. The summed E-state index contributed by atoms with van der Waals surface area (Å²) >= 11 is 0. The van der Waals surface area contributed by atoms with Gasteiger partial charge >= 0.3 is 0 Å². The van der Waals surface area contributed by atoms with Gasteiger partial charge in [0.25, 0.3) is 0 Å². The van der Waals surface area contributed by atoms with Gasteiger partial charge in [-0.05, 0) is 109 Å². The lowest BCUT2D eigenvalue weighted by Crippen LogP contribution is -2.00. The highest BCUT2D eigenvalue weighted by Crippen LogP contribution is 2.36. The van der Waals surface area contributed by atoms with Crippen molar-refractivity contribution in [2.24, 2.45) is 5.92 Å². The van der Waals surface area contributed by atoms with Crippen molar-refractivity contribution in [1.82, 2.24) is 19.3 Å². The number of sulfone groups is 1. The Morgan fingerprint density at radius 1 is 0.812 bits per heavy atom. The summed E-state index contributed by atoms with van der Waals surface area (Å²) in [6, 6.07) is 30.2. The molecule has 0 amide bonds. The van der Waals surface area contributed by atoms with E-state index in [0.717, 1.165) is 68.8 Å². The second-order valence-corrected chi connectivity index (χ2v) is 15.0. The normalized spacial score (nSPS) is 12.0. The highest BCUT2D eigenvalue weighted by molar-refractivity contribution is 7.90. The lowest BCUT2D eigenvalue weighted by atomic mass is 9.98. The molecule has 0 aliphatic heterocycles.